The molecule has 0 heterocycles. The summed E-state index contributed by atoms with van der Waals surface area (Å²) in [5.74, 6) is 1.36. The van der Waals surface area contributed by atoms with Crippen molar-refractivity contribution in [1.82, 2.24) is 4.90 Å². The van der Waals surface area contributed by atoms with Crippen molar-refractivity contribution in [3.8, 4) is 11.1 Å². The van der Waals surface area contributed by atoms with Gasteiger partial charge in [-0.25, -0.2) is 4.79 Å². The Morgan fingerprint density at radius 2 is 1.38 bits per heavy atom. The molecule has 0 aliphatic heterocycles. The molecule has 2 aromatic carbocycles. The first kappa shape index (κ1) is 27.0. The van der Waals surface area contributed by atoms with Crippen LogP contribution < -0.4 is 5.32 Å². The quantitative estimate of drug-likeness (QED) is 0.271. The number of anilines is 1. The SMILES string of the molecule is CCCN(C(=O)Nc1c(C(C)C)cccc1C(C)C)C1CCC(c2ccccc2)CC1.c1cc2cc-2c1. The summed E-state index contributed by atoms with van der Waals surface area (Å²) < 4.78 is 0. The molecular weight excluding hydrogens is 452 g/mol. The lowest BCUT2D eigenvalue weighted by Gasteiger charge is -2.37. The number of hydrogen-bond acceptors (Lipinski definition) is 1. The molecule has 2 amide bonds. The van der Waals surface area contributed by atoms with Crippen LogP contribution >= 0.6 is 0 Å². The van der Waals surface area contributed by atoms with Gasteiger partial charge in [0.25, 0.3) is 0 Å². The number of fused-ring (bicyclic) bond motifs is 1. The van der Waals surface area contributed by atoms with Crippen LogP contribution in [0, 0.1) is 0 Å². The van der Waals surface area contributed by atoms with Gasteiger partial charge < -0.3 is 10.2 Å². The van der Waals surface area contributed by atoms with Gasteiger partial charge in [0.15, 0.2) is 0 Å². The van der Waals surface area contributed by atoms with Crippen LogP contribution in [0.4, 0.5) is 10.5 Å². The third-order valence-electron chi connectivity index (χ3n) is 7.85. The van der Waals surface area contributed by atoms with E-state index in [9.17, 15) is 4.79 Å². The van der Waals surface area contributed by atoms with Crippen LogP contribution in [0.15, 0.2) is 72.8 Å². The van der Waals surface area contributed by atoms with E-state index in [4.69, 9.17) is 0 Å². The van der Waals surface area contributed by atoms with Crippen molar-refractivity contribution in [3.05, 3.63) is 89.5 Å². The van der Waals surface area contributed by atoms with Gasteiger partial charge in [-0.15, -0.1) is 0 Å². The minimum absolute atomic E-state index is 0.0695. The Labute approximate surface area is 224 Å². The number of para-hydroxylation sites is 1. The van der Waals surface area contributed by atoms with Crippen LogP contribution in [0.2, 0.25) is 0 Å². The van der Waals surface area contributed by atoms with Gasteiger partial charge in [0.2, 0.25) is 0 Å². The van der Waals surface area contributed by atoms with Crippen LogP contribution in [0.3, 0.4) is 0 Å². The Balaban J connectivity index is 0.000000458. The first-order valence-electron chi connectivity index (χ1n) is 14.2. The summed E-state index contributed by atoms with van der Waals surface area (Å²) in [5, 5.41) is 3.35. The molecule has 3 aliphatic carbocycles. The number of nitrogens with one attached hydrogen (secondary N) is 1. The molecular formula is C34H44N2O. The van der Waals surface area contributed by atoms with Crippen LogP contribution in [0.25, 0.3) is 11.1 Å². The van der Waals surface area contributed by atoms with Crippen molar-refractivity contribution < 1.29 is 4.79 Å². The molecule has 1 N–H and O–H groups in total. The van der Waals surface area contributed by atoms with Crippen LogP contribution in [-0.4, -0.2) is 23.5 Å². The van der Waals surface area contributed by atoms with Gasteiger partial charge in [0.05, 0.1) is 0 Å². The maximum atomic E-state index is 13.5. The monoisotopic (exact) mass is 496 g/mol. The lowest BCUT2D eigenvalue weighted by atomic mass is 9.81. The van der Waals surface area contributed by atoms with E-state index < -0.39 is 0 Å². The van der Waals surface area contributed by atoms with Crippen molar-refractivity contribution in [3.63, 3.8) is 0 Å². The number of hydrogen-bond donors (Lipinski definition) is 1. The third-order valence-corrected chi connectivity index (χ3v) is 7.85. The molecule has 0 saturated heterocycles. The summed E-state index contributed by atoms with van der Waals surface area (Å²) in [6, 6.07) is 26.2. The highest BCUT2D eigenvalue weighted by Crippen LogP contribution is 2.36. The summed E-state index contributed by atoms with van der Waals surface area (Å²) in [6.07, 6.45) is 5.45. The van der Waals surface area contributed by atoms with Crippen molar-refractivity contribution in [2.75, 3.05) is 11.9 Å². The fraction of sp³-hybridized carbons (Fsp3) is 0.441. The number of amides is 2. The molecule has 0 unspecified atom stereocenters. The molecule has 0 bridgehead atoms. The van der Waals surface area contributed by atoms with Crippen molar-refractivity contribution in [2.24, 2.45) is 0 Å². The summed E-state index contributed by atoms with van der Waals surface area (Å²) in [4.78, 5) is 15.6. The molecule has 3 nitrogen and oxygen atoms in total. The fourth-order valence-corrected chi connectivity index (χ4v) is 5.69. The number of urea groups is 1. The van der Waals surface area contributed by atoms with Gasteiger partial charge in [0, 0.05) is 18.3 Å². The van der Waals surface area contributed by atoms with E-state index in [-0.39, 0.29) is 6.03 Å². The highest BCUT2D eigenvalue weighted by atomic mass is 16.2. The minimum atomic E-state index is 0.0695. The second kappa shape index (κ2) is 12.4. The van der Waals surface area contributed by atoms with E-state index in [1.807, 2.05) is 0 Å². The highest BCUT2D eigenvalue weighted by molar-refractivity contribution is 5.91. The van der Waals surface area contributed by atoms with E-state index in [0.717, 1.165) is 44.3 Å². The van der Waals surface area contributed by atoms with E-state index in [0.29, 0.717) is 23.8 Å². The zero-order valence-corrected chi connectivity index (χ0v) is 23.3. The predicted molar refractivity (Wildman–Crippen MR) is 158 cm³/mol. The normalized spacial score (nSPS) is 17.7. The average Bonchev–Trinajstić information content (AvgIpc) is 3.51. The van der Waals surface area contributed by atoms with Gasteiger partial charge in [-0.2, -0.15) is 0 Å². The Kier molecular flexibility index (Phi) is 9.08. The third kappa shape index (κ3) is 6.83. The van der Waals surface area contributed by atoms with E-state index in [1.165, 1.54) is 27.8 Å². The average molecular weight is 497 g/mol. The molecule has 0 atom stereocenters. The summed E-state index contributed by atoms with van der Waals surface area (Å²) >= 11 is 0. The predicted octanol–water partition coefficient (Wildman–Crippen LogP) is 9.57. The molecule has 0 radical (unpaired) electrons. The van der Waals surface area contributed by atoms with Crippen LogP contribution in [-0.2, 0) is 0 Å². The van der Waals surface area contributed by atoms with Gasteiger partial charge in [-0.1, -0.05) is 101 Å². The zero-order valence-electron chi connectivity index (χ0n) is 23.3. The Morgan fingerprint density at radius 1 is 0.811 bits per heavy atom. The second-order valence-corrected chi connectivity index (χ2v) is 11.2. The summed E-state index contributed by atoms with van der Waals surface area (Å²) in [6.45, 7) is 11.8. The smallest absolute Gasteiger partial charge is 0.322 e. The van der Waals surface area contributed by atoms with E-state index in [1.54, 1.807) is 0 Å². The van der Waals surface area contributed by atoms with E-state index >= 15 is 0 Å². The van der Waals surface area contributed by atoms with Gasteiger partial charge in [0.1, 0.15) is 0 Å². The first-order valence-corrected chi connectivity index (χ1v) is 14.2. The molecule has 3 heteroatoms. The number of carbonyl (C=O) groups excluding carboxylic acids is 1. The standard InChI is InChI=1S/C28H40N2O.C6H4/c1-6-19-30(24-17-15-23(16-18-24)22-11-8-7-9-12-22)28(31)29-27-25(20(2)3)13-10-14-26(27)21(4)5;1-2-5-4-6(5)3-1/h7-14,20-21,23-24H,6,15-19H2,1-5H3,(H,29,31);1-4H. The van der Waals surface area contributed by atoms with Gasteiger partial charge in [-0.3, -0.25) is 0 Å². The Hall–Kier alpha value is -3.07. The van der Waals surface area contributed by atoms with Gasteiger partial charge >= 0.3 is 6.03 Å². The first-order chi connectivity index (χ1) is 17.9. The molecule has 37 heavy (non-hydrogen) atoms. The summed E-state index contributed by atoms with van der Waals surface area (Å²) in [5.41, 5.74) is 7.77. The maximum Gasteiger partial charge on any atom is 0.322 e. The minimum Gasteiger partial charge on any atom is -0.322 e. The lowest BCUT2D eigenvalue weighted by molar-refractivity contribution is 0.162. The number of benzene rings is 3. The second-order valence-electron chi connectivity index (χ2n) is 11.2. The number of nitrogens with zero attached hydrogens (tertiary/aromatic N) is 1. The highest BCUT2D eigenvalue weighted by Gasteiger charge is 2.30. The Morgan fingerprint density at radius 3 is 1.84 bits per heavy atom. The van der Waals surface area contributed by atoms with Crippen molar-refractivity contribution in [1.29, 1.82) is 0 Å². The molecule has 5 rings (SSSR count). The van der Waals surface area contributed by atoms with Crippen molar-refractivity contribution >= 4 is 11.7 Å². The molecule has 0 aromatic heterocycles. The lowest BCUT2D eigenvalue weighted by Crippen LogP contribution is -2.45. The number of carbonyl (C=O) groups is 1. The molecule has 3 aliphatic rings. The fourth-order valence-electron chi connectivity index (χ4n) is 5.69. The Bertz CT molecular complexity index is 1120. The van der Waals surface area contributed by atoms with Crippen LogP contribution in [0.5, 0.6) is 0 Å². The molecule has 196 valence electrons. The molecule has 1 fully saturated rings. The molecule has 0 spiro atoms. The molecule has 1 saturated carbocycles. The molecule has 2 aromatic rings. The zero-order chi connectivity index (χ0) is 26.4. The van der Waals surface area contributed by atoms with Crippen LogP contribution in [0.1, 0.15) is 101 Å². The van der Waals surface area contributed by atoms with E-state index in [2.05, 4.69) is 118 Å². The summed E-state index contributed by atoms with van der Waals surface area (Å²) in [7, 11) is 0. The largest absolute Gasteiger partial charge is 0.322 e. The van der Waals surface area contributed by atoms with Gasteiger partial charge in [-0.05, 0) is 83.7 Å². The topological polar surface area (TPSA) is 32.3 Å². The number of rotatable bonds is 7. The van der Waals surface area contributed by atoms with Crippen molar-refractivity contribution in [2.45, 2.75) is 90.5 Å². The maximum absolute atomic E-state index is 13.5.